The lowest BCUT2D eigenvalue weighted by molar-refractivity contribution is -0.384. The zero-order valence-electron chi connectivity index (χ0n) is 33.3. The standard InChI is InChI=1S/C45H46F2N6O7S/c46-45(47)25-38(45)35-4-1-2-5-36(35)40-6-3-19-52(40)32-10-7-29(8-11-32)30-9-13-37(42(23-30)60-33-22-31-15-18-48-43(31)50-27-33)44(54)51-61(57,58)34-12-14-39(41(24-34)53(55)56)49-26-28-16-20-59-21-17-28/h1-2,4-5,7,9,12-15,18,22-24,27-28,32,38,40,49H,3,6,8,10-11,16-17,19-21,25-26H2,(H,48,50)(H,51,54)/t32?,38-,40?/m0/s1. The van der Waals surface area contributed by atoms with Crippen molar-refractivity contribution >= 4 is 43.9 Å². The molecule has 5 aromatic rings. The third-order valence-electron chi connectivity index (χ3n) is 12.5. The normalized spacial score (nSPS) is 21.8. The smallest absolute Gasteiger partial charge is 0.293 e. The Labute approximate surface area is 351 Å². The molecule has 318 valence electrons. The van der Waals surface area contributed by atoms with E-state index in [1.54, 1.807) is 24.4 Å². The zero-order valence-corrected chi connectivity index (χ0v) is 34.1. The molecule has 2 aromatic heterocycles. The molecule has 2 aliphatic carbocycles. The first-order chi connectivity index (χ1) is 29.4. The van der Waals surface area contributed by atoms with E-state index in [1.165, 1.54) is 24.4 Å². The lowest BCUT2D eigenvalue weighted by Gasteiger charge is -2.36. The second-order valence-corrected chi connectivity index (χ2v) is 18.1. The number of nitro benzene ring substituents is 1. The number of rotatable bonds is 13. The molecule has 0 radical (unpaired) electrons. The van der Waals surface area contributed by atoms with Crippen LogP contribution in [-0.2, 0) is 14.8 Å². The average Bonchev–Trinajstić information content (AvgIpc) is 3.59. The largest absolute Gasteiger partial charge is 0.455 e. The van der Waals surface area contributed by atoms with Crippen LogP contribution in [0.15, 0.2) is 96.2 Å². The molecule has 3 atom stereocenters. The molecule has 9 rings (SSSR count). The highest BCUT2D eigenvalue weighted by Gasteiger charge is 2.58. The highest BCUT2D eigenvalue weighted by Crippen LogP contribution is 2.57. The number of likely N-dealkylation sites (tertiary alicyclic amines) is 1. The second-order valence-electron chi connectivity index (χ2n) is 16.4. The summed E-state index contributed by atoms with van der Waals surface area (Å²) in [4.78, 5) is 34.8. The van der Waals surface area contributed by atoms with E-state index in [1.807, 2.05) is 30.3 Å². The number of fused-ring (bicyclic) bond motifs is 1. The number of allylic oxidation sites excluding steroid dienone is 1. The number of amides is 1. The van der Waals surface area contributed by atoms with Gasteiger partial charge in [0.1, 0.15) is 22.8 Å². The van der Waals surface area contributed by atoms with E-state index in [9.17, 15) is 32.1 Å². The maximum atomic E-state index is 14.2. The number of ether oxygens (including phenoxy) is 2. The van der Waals surface area contributed by atoms with Gasteiger partial charge in [0.15, 0.2) is 0 Å². The molecule has 16 heteroatoms. The van der Waals surface area contributed by atoms with Crippen LogP contribution in [0.4, 0.5) is 20.2 Å². The van der Waals surface area contributed by atoms with Gasteiger partial charge in [0.05, 0.1) is 27.5 Å². The number of alkyl halides is 2. The van der Waals surface area contributed by atoms with Crippen molar-refractivity contribution in [1.29, 1.82) is 0 Å². The first-order valence-electron chi connectivity index (χ1n) is 20.8. The Hall–Kier alpha value is -5.71. The maximum absolute atomic E-state index is 14.2. The summed E-state index contributed by atoms with van der Waals surface area (Å²) >= 11 is 0. The number of nitrogens with one attached hydrogen (secondary N) is 3. The minimum absolute atomic E-state index is 0.0696. The van der Waals surface area contributed by atoms with Crippen LogP contribution in [-0.4, -0.2) is 72.4 Å². The fraction of sp³-hybridized carbons (Fsp3) is 0.378. The molecule has 0 bridgehead atoms. The minimum Gasteiger partial charge on any atom is -0.455 e. The molecule has 3 aromatic carbocycles. The number of benzene rings is 3. The number of aromatic amines is 1. The molecule has 1 amide bonds. The number of aromatic nitrogens is 2. The van der Waals surface area contributed by atoms with Crippen LogP contribution in [0.25, 0.3) is 16.6 Å². The van der Waals surface area contributed by atoms with Crippen molar-refractivity contribution in [1.82, 2.24) is 19.6 Å². The van der Waals surface area contributed by atoms with E-state index in [2.05, 4.69) is 31.0 Å². The van der Waals surface area contributed by atoms with E-state index in [0.717, 1.165) is 78.8 Å². The van der Waals surface area contributed by atoms with Gasteiger partial charge in [-0.2, -0.15) is 0 Å². The molecule has 3 fully saturated rings. The molecule has 4 aliphatic rings. The number of sulfonamides is 1. The number of anilines is 1. The first-order valence-corrected chi connectivity index (χ1v) is 22.3. The van der Waals surface area contributed by atoms with Gasteiger partial charge in [-0.25, -0.2) is 26.9 Å². The number of nitrogens with zero attached hydrogens (tertiary/aromatic N) is 3. The van der Waals surface area contributed by atoms with Crippen LogP contribution in [0.3, 0.4) is 0 Å². The molecule has 2 unspecified atom stereocenters. The summed E-state index contributed by atoms with van der Waals surface area (Å²) < 4.78 is 69.5. The number of carbonyl (C=O) groups excluding carboxylic acids is 1. The molecule has 1 saturated carbocycles. The minimum atomic E-state index is -4.58. The number of H-pyrrole nitrogens is 1. The molecular weight excluding hydrogens is 807 g/mol. The monoisotopic (exact) mass is 852 g/mol. The van der Waals surface area contributed by atoms with Gasteiger partial charge in [0, 0.05) is 55.9 Å². The quantitative estimate of drug-likeness (QED) is 0.0768. The molecule has 2 aliphatic heterocycles. The topological polar surface area (TPSA) is 169 Å². The van der Waals surface area contributed by atoms with Crippen LogP contribution >= 0.6 is 0 Å². The summed E-state index contributed by atoms with van der Waals surface area (Å²) in [6.07, 6.45) is 11.1. The zero-order chi connectivity index (χ0) is 42.3. The summed E-state index contributed by atoms with van der Waals surface area (Å²) in [7, 11) is -4.58. The number of nitro groups is 1. The van der Waals surface area contributed by atoms with Gasteiger partial charge in [-0.15, -0.1) is 0 Å². The Morgan fingerprint density at radius 1 is 1.03 bits per heavy atom. The van der Waals surface area contributed by atoms with Crippen LogP contribution in [0.1, 0.15) is 90.4 Å². The summed E-state index contributed by atoms with van der Waals surface area (Å²) in [5, 5.41) is 15.9. The number of carbonyl (C=O) groups is 1. The average molecular weight is 853 g/mol. The maximum Gasteiger partial charge on any atom is 0.293 e. The van der Waals surface area contributed by atoms with Crippen molar-refractivity contribution < 1.29 is 36.4 Å². The highest BCUT2D eigenvalue weighted by molar-refractivity contribution is 7.90. The third kappa shape index (κ3) is 8.61. The van der Waals surface area contributed by atoms with Crippen molar-refractivity contribution in [3.05, 3.63) is 124 Å². The van der Waals surface area contributed by atoms with Gasteiger partial charge >= 0.3 is 0 Å². The Balaban J connectivity index is 0.952. The van der Waals surface area contributed by atoms with Gasteiger partial charge < -0.3 is 19.8 Å². The SMILES string of the molecule is O=C(NS(=O)(=O)c1ccc(NCC2CCOCC2)c([N+](=O)[O-])c1)c1ccc(C2=CCC(N3CCCC3c3ccccc3[C@@H]3CC3(F)F)CC2)cc1Oc1cnc2[nH]ccc2c1. The molecule has 2 saturated heterocycles. The summed E-state index contributed by atoms with van der Waals surface area (Å²) in [6, 6.07) is 20.0. The van der Waals surface area contributed by atoms with Crippen LogP contribution in [0, 0.1) is 16.0 Å². The van der Waals surface area contributed by atoms with Gasteiger partial charge in [0.25, 0.3) is 27.5 Å². The molecule has 0 spiro atoms. The van der Waals surface area contributed by atoms with Crippen molar-refractivity contribution in [2.24, 2.45) is 5.92 Å². The van der Waals surface area contributed by atoms with Crippen molar-refractivity contribution in [2.75, 3.05) is 31.6 Å². The Bertz CT molecular complexity index is 2630. The molecule has 4 heterocycles. The van der Waals surface area contributed by atoms with Gasteiger partial charge in [-0.1, -0.05) is 36.4 Å². The van der Waals surface area contributed by atoms with E-state index in [-0.39, 0.29) is 41.4 Å². The summed E-state index contributed by atoms with van der Waals surface area (Å²) in [5.41, 5.74) is 3.92. The van der Waals surface area contributed by atoms with Gasteiger partial charge in [-0.05, 0) is 116 Å². The molecule has 13 nitrogen and oxygen atoms in total. The van der Waals surface area contributed by atoms with Crippen molar-refractivity contribution in [3.63, 3.8) is 0 Å². The molecular formula is C45H46F2N6O7S. The van der Waals surface area contributed by atoms with E-state index in [4.69, 9.17) is 9.47 Å². The Morgan fingerprint density at radius 3 is 2.59 bits per heavy atom. The molecule has 3 N–H and O–H groups in total. The van der Waals surface area contributed by atoms with Crippen LogP contribution in [0.5, 0.6) is 11.5 Å². The van der Waals surface area contributed by atoms with Crippen LogP contribution < -0.4 is 14.8 Å². The van der Waals surface area contributed by atoms with Gasteiger partial charge in [-0.3, -0.25) is 19.8 Å². The van der Waals surface area contributed by atoms with E-state index in [0.29, 0.717) is 37.6 Å². The highest BCUT2D eigenvalue weighted by atomic mass is 32.2. The Kier molecular flexibility index (Phi) is 11.1. The van der Waals surface area contributed by atoms with Crippen LogP contribution in [0.2, 0.25) is 0 Å². The van der Waals surface area contributed by atoms with Crippen molar-refractivity contribution in [2.45, 2.75) is 80.2 Å². The number of hydrogen-bond acceptors (Lipinski definition) is 10. The lowest BCUT2D eigenvalue weighted by atomic mass is 9.88. The van der Waals surface area contributed by atoms with E-state index >= 15 is 0 Å². The Morgan fingerprint density at radius 2 is 1.84 bits per heavy atom. The molecule has 61 heavy (non-hydrogen) atoms. The number of hydrogen-bond donors (Lipinski definition) is 3. The van der Waals surface area contributed by atoms with E-state index < -0.39 is 43.3 Å². The fourth-order valence-corrected chi connectivity index (χ4v) is 10.1. The first kappa shape index (κ1) is 40.7. The third-order valence-corrected chi connectivity index (χ3v) is 13.9. The lowest BCUT2D eigenvalue weighted by Crippen LogP contribution is -2.36. The summed E-state index contributed by atoms with van der Waals surface area (Å²) in [6.45, 7) is 2.59. The second kappa shape index (κ2) is 16.6. The predicted molar refractivity (Wildman–Crippen MR) is 225 cm³/mol. The number of pyridine rings is 1. The number of halogens is 2. The van der Waals surface area contributed by atoms with Crippen molar-refractivity contribution in [3.8, 4) is 11.5 Å². The fourth-order valence-electron chi connectivity index (χ4n) is 9.14. The van der Waals surface area contributed by atoms with Gasteiger partial charge in [0.2, 0.25) is 0 Å². The predicted octanol–water partition coefficient (Wildman–Crippen LogP) is 9.12. The summed E-state index contributed by atoms with van der Waals surface area (Å²) in [5.74, 6) is -3.66.